The smallest absolute Gasteiger partial charge is 0.255 e. The molecule has 160 valence electrons. The predicted octanol–water partition coefficient (Wildman–Crippen LogP) is 3.11. The fourth-order valence-corrected chi connectivity index (χ4v) is 3.65. The maximum atomic E-state index is 12.8. The van der Waals surface area contributed by atoms with Crippen LogP contribution in [0.4, 0.5) is 5.69 Å². The standard InChI is InChI=1S/C23H28N2O5/c1-15-20(29-2)12-18(13-21(15)30-3)22(27)24-19-6-4-5-17(11-19)23(28)25-9-7-16(14-26)8-10-25/h4-6,11-13,16,26H,7-10,14H2,1-3H3,(H,24,27). The minimum Gasteiger partial charge on any atom is -0.496 e. The molecule has 30 heavy (non-hydrogen) atoms. The molecule has 0 radical (unpaired) electrons. The Hall–Kier alpha value is -3.06. The number of nitrogens with zero attached hydrogens (tertiary/aromatic N) is 1. The highest BCUT2D eigenvalue weighted by Crippen LogP contribution is 2.30. The molecule has 7 heteroatoms. The van der Waals surface area contributed by atoms with Gasteiger partial charge in [-0.3, -0.25) is 9.59 Å². The molecule has 1 saturated heterocycles. The molecule has 1 heterocycles. The number of aliphatic hydroxyl groups is 1. The van der Waals surface area contributed by atoms with E-state index in [1.54, 1.807) is 55.5 Å². The van der Waals surface area contributed by atoms with E-state index in [2.05, 4.69) is 5.32 Å². The fourth-order valence-electron chi connectivity index (χ4n) is 3.65. The van der Waals surface area contributed by atoms with Gasteiger partial charge in [0.05, 0.1) is 14.2 Å². The van der Waals surface area contributed by atoms with Gasteiger partial charge in [0.1, 0.15) is 11.5 Å². The molecule has 7 nitrogen and oxygen atoms in total. The summed E-state index contributed by atoms with van der Waals surface area (Å²) in [5.41, 5.74) is 2.27. The summed E-state index contributed by atoms with van der Waals surface area (Å²) in [6, 6.07) is 10.2. The van der Waals surface area contributed by atoms with Crippen molar-refractivity contribution in [2.75, 3.05) is 39.2 Å². The van der Waals surface area contributed by atoms with Gasteiger partial charge in [-0.2, -0.15) is 0 Å². The van der Waals surface area contributed by atoms with Crippen LogP contribution in [0.5, 0.6) is 11.5 Å². The predicted molar refractivity (Wildman–Crippen MR) is 114 cm³/mol. The lowest BCUT2D eigenvalue weighted by Gasteiger charge is -2.31. The maximum Gasteiger partial charge on any atom is 0.255 e. The Morgan fingerprint density at radius 3 is 2.27 bits per heavy atom. The van der Waals surface area contributed by atoms with Gasteiger partial charge >= 0.3 is 0 Å². The average molecular weight is 412 g/mol. The number of ether oxygens (including phenoxy) is 2. The number of hydrogen-bond acceptors (Lipinski definition) is 5. The summed E-state index contributed by atoms with van der Waals surface area (Å²) < 4.78 is 10.7. The highest BCUT2D eigenvalue weighted by Gasteiger charge is 2.23. The first-order valence-electron chi connectivity index (χ1n) is 10.0. The molecule has 2 N–H and O–H groups in total. The molecule has 0 saturated carbocycles. The van der Waals surface area contributed by atoms with Crippen molar-refractivity contribution in [2.45, 2.75) is 19.8 Å². The number of anilines is 1. The van der Waals surface area contributed by atoms with Crippen LogP contribution in [-0.4, -0.2) is 55.7 Å². The number of methoxy groups -OCH3 is 2. The SMILES string of the molecule is COc1cc(C(=O)Nc2cccc(C(=O)N3CCC(CO)CC3)c2)cc(OC)c1C. The third-order valence-corrected chi connectivity index (χ3v) is 5.54. The second kappa shape index (κ2) is 9.63. The minimum absolute atomic E-state index is 0.0684. The third kappa shape index (κ3) is 4.74. The van der Waals surface area contributed by atoms with E-state index in [0.29, 0.717) is 41.4 Å². The Labute approximate surface area is 176 Å². The van der Waals surface area contributed by atoms with Crippen LogP contribution in [0.1, 0.15) is 39.1 Å². The molecule has 1 aliphatic rings. The van der Waals surface area contributed by atoms with E-state index in [-0.39, 0.29) is 24.3 Å². The van der Waals surface area contributed by atoms with E-state index >= 15 is 0 Å². The van der Waals surface area contributed by atoms with Gasteiger partial charge in [-0.25, -0.2) is 0 Å². The Morgan fingerprint density at radius 1 is 1.07 bits per heavy atom. The summed E-state index contributed by atoms with van der Waals surface area (Å²) in [6.45, 7) is 3.28. The van der Waals surface area contributed by atoms with Crippen LogP contribution in [0.15, 0.2) is 36.4 Å². The van der Waals surface area contributed by atoms with Crippen LogP contribution in [0.3, 0.4) is 0 Å². The second-order valence-electron chi connectivity index (χ2n) is 7.46. The van der Waals surface area contributed by atoms with Crippen LogP contribution in [0.25, 0.3) is 0 Å². The first-order chi connectivity index (χ1) is 14.5. The van der Waals surface area contributed by atoms with Gasteiger partial charge in [0, 0.05) is 42.1 Å². The zero-order valence-corrected chi connectivity index (χ0v) is 17.6. The minimum atomic E-state index is -0.319. The summed E-state index contributed by atoms with van der Waals surface area (Å²) in [7, 11) is 3.09. The molecule has 1 fully saturated rings. The number of aliphatic hydroxyl groups excluding tert-OH is 1. The van der Waals surface area contributed by atoms with Crippen molar-refractivity contribution >= 4 is 17.5 Å². The number of rotatable bonds is 6. The van der Waals surface area contributed by atoms with Crippen LogP contribution >= 0.6 is 0 Å². The lowest BCUT2D eigenvalue weighted by atomic mass is 9.97. The van der Waals surface area contributed by atoms with Crippen molar-refractivity contribution in [1.82, 2.24) is 4.90 Å². The van der Waals surface area contributed by atoms with Gasteiger partial charge < -0.3 is 24.8 Å². The molecule has 0 unspecified atom stereocenters. The van der Waals surface area contributed by atoms with Gasteiger partial charge in [-0.1, -0.05) is 6.07 Å². The Balaban J connectivity index is 1.74. The quantitative estimate of drug-likeness (QED) is 0.761. The topological polar surface area (TPSA) is 88.1 Å². The normalized spacial score (nSPS) is 14.3. The number of piperidine rings is 1. The monoisotopic (exact) mass is 412 g/mol. The highest BCUT2D eigenvalue weighted by atomic mass is 16.5. The van der Waals surface area contributed by atoms with Crippen molar-refractivity contribution in [3.8, 4) is 11.5 Å². The number of hydrogen-bond donors (Lipinski definition) is 2. The first-order valence-corrected chi connectivity index (χ1v) is 10.0. The van der Waals surface area contributed by atoms with Crippen molar-refractivity contribution < 1.29 is 24.2 Å². The number of carbonyl (C=O) groups is 2. The second-order valence-corrected chi connectivity index (χ2v) is 7.46. The summed E-state index contributed by atoms with van der Waals surface area (Å²) in [4.78, 5) is 27.4. The van der Waals surface area contributed by atoms with E-state index in [9.17, 15) is 14.7 Å². The van der Waals surface area contributed by atoms with Crippen molar-refractivity contribution in [3.63, 3.8) is 0 Å². The van der Waals surface area contributed by atoms with E-state index < -0.39 is 0 Å². The Morgan fingerprint density at radius 2 is 1.70 bits per heavy atom. The lowest BCUT2D eigenvalue weighted by molar-refractivity contribution is 0.0650. The maximum absolute atomic E-state index is 12.8. The molecule has 0 atom stereocenters. The summed E-state index contributed by atoms with van der Waals surface area (Å²) in [5.74, 6) is 1.01. The zero-order chi connectivity index (χ0) is 21.7. The van der Waals surface area contributed by atoms with Gasteiger partial charge in [-0.15, -0.1) is 0 Å². The fraction of sp³-hybridized carbons (Fsp3) is 0.391. The average Bonchev–Trinajstić information content (AvgIpc) is 2.78. The molecule has 2 amide bonds. The molecular weight excluding hydrogens is 384 g/mol. The molecular formula is C23H28N2O5. The Bertz CT molecular complexity index is 895. The number of likely N-dealkylation sites (tertiary alicyclic amines) is 1. The molecule has 0 bridgehead atoms. The first kappa shape index (κ1) is 21.6. The zero-order valence-electron chi connectivity index (χ0n) is 17.6. The lowest BCUT2D eigenvalue weighted by Crippen LogP contribution is -2.39. The molecule has 3 rings (SSSR count). The van der Waals surface area contributed by atoms with Crippen molar-refractivity contribution in [2.24, 2.45) is 5.92 Å². The van der Waals surface area contributed by atoms with Crippen LogP contribution < -0.4 is 14.8 Å². The third-order valence-electron chi connectivity index (χ3n) is 5.54. The molecule has 2 aromatic rings. The molecule has 0 spiro atoms. The van der Waals surface area contributed by atoms with Gasteiger partial charge in [0.25, 0.3) is 11.8 Å². The van der Waals surface area contributed by atoms with Crippen LogP contribution in [0, 0.1) is 12.8 Å². The number of carbonyl (C=O) groups excluding carboxylic acids is 2. The van der Waals surface area contributed by atoms with Gasteiger partial charge in [0.2, 0.25) is 0 Å². The number of benzene rings is 2. The van der Waals surface area contributed by atoms with Crippen LogP contribution in [0.2, 0.25) is 0 Å². The van der Waals surface area contributed by atoms with E-state index in [1.165, 1.54) is 0 Å². The summed E-state index contributed by atoms with van der Waals surface area (Å²) >= 11 is 0. The van der Waals surface area contributed by atoms with Gasteiger partial charge in [0.15, 0.2) is 0 Å². The van der Waals surface area contributed by atoms with E-state index in [0.717, 1.165) is 18.4 Å². The van der Waals surface area contributed by atoms with Crippen molar-refractivity contribution in [3.05, 3.63) is 53.1 Å². The summed E-state index contributed by atoms with van der Waals surface area (Å²) in [5, 5.41) is 12.1. The number of nitrogens with one attached hydrogen (secondary N) is 1. The van der Waals surface area contributed by atoms with Crippen molar-refractivity contribution in [1.29, 1.82) is 0 Å². The largest absolute Gasteiger partial charge is 0.496 e. The van der Waals surface area contributed by atoms with E-state index in [4.69, 9.17) is 9.47 Å². The molecule has 1 aliphatic heterocycles. The molecule has 0 aliphatic carbocycles. The van der Waals surface area contributed by atoms with Crippen LogP contribution in [-0.2, 0) is 0 Å². The number of amides is 2. The summed E-state index contributed by atoms with van der Waals surface area (Å²) in [6.07, 6.45) is 1.60. The Kier molecular flexibility index (Phi) is 6.95. The molecule has 0 aromatic heterocycles. The molecule has 2 aromatic carbocycles. The van der Waals surface area contributed by atoms with Gasteiger partial charge in [-0.05, 0) is 56.0 Å². The highest BCUT2D eigenvalue weighted by molar-refractivity contribution is 6.05. The van der Waals surface area contributed by atoms with E-state index in [1.807, 2.05) is 6.92 Å².